The van der Waals surface area contributed by atoms with E-state index in [9.17, 15) is 4.79 Å². The van der Waals surface area contributed by atoms with Crippen LogP contribution in [0.25, 0.3) is 0 Å². The van der Waals surface area contributed by atoms with Gasteiger partial charge in [0.2, 0.25) is 6.41 Å². The zero-order valence-electron chi connectivity index (χ0n) is 12.0. The summed E-state index contributed by atoms with van der Waals surface area (Å²) in [6.45, 7) is 8.21. The first-order chi connectivity index (χ1) is 9.12. The van der Waals surface area contributed by atoms with E-state index in [-0.39, 0.29) is 6.04 Å². The van der Waals surface area contributed by atoms with Crippen molar-refractivity contribution in [1.82, 2.24) is 0 Å². The summed E-state index contributed by atoms with van der Waals surface area (Å²) >= 11 is 0. The Labute approximate surface area is 115 Å². The van der Waals surface area contributed by atoms with Crippen molar-refractivity contribution in [3.05, 3.63) is 17.7 Å². The van der Waals surface area contributed by atoms with Gasteiger partial charge < -0.3 is 15.5 Å². The van der Waals surface area contributed by atoms with Crippen molar-refractivity contribution < 1.29 is 4.79 Å². The summed E-state index contributed by atoms with van der Waals surface area (Å²) in [5.74, 6) is 0. The summed E-state index contributed by atoms with van der Waals surface area (Å²) in [4.78, 5) is 15.3. The lowest BCUT2D eigenvalue weighted by molar-refractivity contribution is -0.107. The lowest BCUT2D eigenvalue weighted by atomic mass is 9.95. The molecule has 4 heteroatoms. The van der Waals surface area contributed by atoms with Gasteiger partial charge in [0.05, 0.1) is 11.4 Å². The molecule has 0 radical (unpaired) electrons. The van der Waals surface area contributed by atoms with Gasteiger partial charge in [-0.2, -0.15) is 0 Å². The smallest absolute Gasteiger partial charge is 0.214 e. The Hall–Kier alpha value is -1.71. The Morgan fingerprint density at radius 1 is 1.42 bits per heavy atom. The Morgan fingerprint density at radius 2 is 2.11 bits per heavy atom. The number of hydrogen-bond acceptors (Lipinski definition) is 3. The highest BCUT2D eigenvalue weighted by Gasteiger charge is 2.24. The highest BCUT2D eigenvalue weighted by Crippen LogP contribution is 2.36. The van der Waals surface area contributed by atoms with Crippen molar-refractivity contribution in [2.24, 2.45) is 0 Å². The molecule has 1 atom stereocenters. The fraction of sp³-hybridized carbons (Fsp3) is 0.533. The van der Waals surface area contributed by atoms with Crippen LogP contribution in [0.5, 0.6) is 0 Å². The van der Waals surface area contributed by atoms with Crippen LogP contribution in [0.1, 0.15) is 32.8 Å². The normalized spacial score (nSPS) is 18.1. The van der Waals surface area contributed by atoms with Crippen LogP contribution in [0.15, 0.2) is 12.1 Å². The maximum Gasteiger partial charge on any atom is 0.214 e. The van der Waals surface area contributed by atoms with Crippen LogP contribution in [0, 0.1) is 0 Å². The van der Waals surface area contributed by atoms with Gasteiger partial charge in [0.1, 0.15) is 0 Å². The fourth-order valence-corrected chi connectivity index (χ4v) is 2.82. The number of aryl methyl sites for hydroxylation is 1. The summed E-state index contributed by atoms with van der Waals surface area (Å²) in [5.41, 5.74) is 10.2. The van der Waals surface area contributed by atoms with E-state index in [2.05, 4.69) is 31.7 Å². The highest BCUT2D eigenvalue weighted by molar-refractivity contribution is 5.84. The molecule has 0 fully saturated rings. The van der Waals surface area contributed by atoms with Crippen LogP contribution in [0.4, 0.5) is 17.1 Å². The van der Waals surface area contributed by atoms with Crippen molar-refractivity contribution in [3.63, 3.8) is 0 Å². The number of fused-ring (bicyclic) bond motifs is 1. The molecule has 2 rings (SSSR count). The van der Waals surface area contributed by atoms with Crippen LogP contribution in [0.3, 0.4) is 0 Å². The van der Waals surface area contributed by atoms with Gasteiger partial charge in [-0.1, -0.05) is 0 Å². The third kappa shape index (κ3) is 2.39. The van der Waals surface area contributed by atoms with Gasteiger partial charge in [0.15, 0.2) is 0 Å². The molecule has 0 saturated heterocycles. The summed E-state index contributed by atoms with van der Waals surface area (Å²) < 4.78 is 0. The first-order valence-corrected chi connectivity index (χ1v) is 7.03. The number of benzene rings is 1. The van der Waals surface area contributed by atoms with Crippen molar-refractivity contribution in [3.8, 4) is 0 Å². The largest absolute Gasteiger partial charge is 0.397 e. The van der Waals surface area contributed by atoms with Gasteiger partial charge in [0.25, 0.3) is 0 Å². The molecular formula is C15H23N3O. The first kappa shape index (κ1) is 13.7. The van der Waals surface area contributed by atoms with Gasteiger partial charge in [-0.05, 0) is 51.3 Å². The van der Waals surface area contributed by atoms with E-state index < -0.39 is 0 Å². The molecule has 104 valence electrons. The maximum absolute atomic E-state index is 11.3. The van der Waals surface area contributed by atoms with Crippen LogP contribution in [-0.4, -0.2) is 25.5 Å². The minimum atomic E-state index is 0.253. The quantitative estimate of drug-likeness (QED) is 0.669. The summed E-state index contributed by atoms with van der Waals surface area (Å²) in [6.07, 6.45) is 2.93. The van der Waals surface area contributed by atoms with Crippen LogP contribution in [-0.2, 0) is 11.2 Å². The molecule has 0 bridgehead atoms. The third-order valence-corrected chi connectivity index (χ3v) is 4.03. The minimum Gasteiger partial charge on any atom is -0.397 e. The van der Waals surface area contributed by atoms with Gasteiger partial charge in [-0.25, -0.2) is 0 Å². The second-order valence-corrected chi connectivity index (χ2v) is 5.11. The molecule has 0 aliphatic carbocycles. The van der Waals surface area contributed by atoms with E-state index in [0.717, 1.165) is 49.4 Å². The molecule has 2 N–H and O–H groups in total. The van der Waals surface area contributed by atoms with Gasteiger partial charge in [-0.3, -0.25) is 4.79 Å². The Bertz CT molecular complexity index is 469. The highest BCUT2D eigenvalue weighted by atomic mass is 16.1. The van der Waals surface area contributed by atoms with Crippen molar-refractivity contribution in [1.29, 1.82) is 0 Å². The van der Waals surface area contributed by atoms with Gasteiger partial charge in [0, 0.05) is 24.8 Å². The third-order valence-electron chi connectivity index (χ3n) is 4.03. The maximum atomic E-state index is 11.3. The molecule has 1 heterocycles. The molecule has 1 aromatic carbocycles. The Kier molecular flexibility index (Phi) is 3.98. The van der Waals surface area contributed by atoms with Crippen molar-refractivity contribution >= 4 is 23.5 Å². The molecule has 0 saturated carbocycles. The molecule has 0 spiro atoms. The standard InChI is InChI=1S/C15H23N3O/c1-4-17(5-2)15-8-12-7-6-11(3)18(10-19)14(12)9-13(15)16/h8-11H,4-7,16H2,1-3H3. The predicted octanol–water partition coefficient (Wildman–Crippen LogP) is 2.41. The molecular weight excluding hydrogens is 238 g/mol. The molecule has 1 aliphatic heterocycles. The fourth-order valence-electron chi connectivity index (χ4n) is 2.82. The molecule has 19 heavy (non-hydrogen) atoms. The number of hydrogen-bond donors (Lipinski definition) is 1. The molecule has 1 aliphatic rings. The number of anilines is 3. The molecule has 4 nitrogen and oxygen atoms in total. The number of rotatable bonds is 4. The Morgan fingerprint density at radius 3 is 2.68 bits per heavy atom. The van der Waals surface area contributed by atoms with E-state index in [4.69, 9.17) is 5.73 Å². The Balaban J connectivity index is 2.47. The number of carbonyl (C=O) groups excluding carboxylic acids is 1. The monoisotopic (exact) mass is 261 g/mol. The van der Waals surface area contributed by atoms with Gasteiger partial charge in [-0.15, -0.1) is 0 Å². The van der Waals surface area contributed by atoms with E-state index >= 15 is 0 Å². The molecule has 1 amide bonds. The van der Waals surface area contributed by atoms with Crippen LogP contribution >= 0.6 is 0 Å². The van der Waals surface area contributed by atoms with E-state index in [1.807, 2.05) is 6.07 Å². The summed E-state index contributed by atoms with van der Waals surface area (Å²) in [7, 11) is 0. The van der Waals surface area contributed by atoms with E-state index in [1.165, 1.54) is 5.56 Å². The number of nitrogens with zero attached hydrogens (tertiary/aromatic N) is 2. The number of nitrogen functional groups attached to an aromatic ring is 1. The average Bonchev–Trinajstić information content (AvgIpc) is 2.41. The van der Waals surface area contributed by atoms with Crippen molar-refractivity contribution in [2.45, 2.75) is 39.7 Å². The predicted molar refractivity (Wildman–Crippen MR) is 80.7 cm³/mol. The number of carbonyl (C=O) groups is 1. The lowest BCUT2D eigenvalue weighted by Crippen LogP contribution is -2.36. The van der Waals surface area contributed by atoms with Crippen LogP contribution < -0.4 is 15.5 Å². The zero-order chi connectivity index (χ0) is 14.0. The first-order valence-electron chi connectivity index (χ1n) is 7.03. The molecule has 1 unspecified atom stereocenters. The average molecular weight is 261 g/mol. The van der Waals surface area contributed by atoms with Gasteiger partial charge >= 0.3 is 0 Å². The van der Waals surface area contributed by atoms with E-state index in [1.54, 1.807) is 4.90 Å². The molecule has 0 aromatic heterocycles. The zero-order valence-corrected chi connectivity index (χ0v) is 12.0. The summed E-state index contributed by atoms with van der Waals surface area (Å²) in [5, 5.41) is 0. The minimum absolute atomic E-state index is 0.253. The second-order valence-electron chi connectivity index (χ2n) is 5.11. The van der Waals surface area contributed by atoms with E-state index in [0.29, 0.717) is 0 Å². The van der Waals surface area contributed by atoms with Crippen LogP contribution in [0.2, 0.25) is 0 Å². The summed E-state index contributed by atoms with van der Waals surface area (Å²) in [6, 6.07) is 4.36. The number of amides is 1. The SMILES string of the molecule is CCN(CC)c1cc2c(cc1N)N(C=O)C(C)CC2. The second kappa shape index (κ2) is 5.51. The van der Waals surface area contributed by atoms with Crippen molar-refractivity contribution in [2.75, 3.05) is 28.6 Å². The topological polar surface area (TPSA) is 49.6 Å². The molecule has 1 aromatic rings. The lowest BCUT2D eigenvalue weighted by Gasteiger charge is -2.34. The number of nitrogens with two attached hydrogens (primary N) is 1.